The van der Waals surface area contributed by atoms with E-state index in [1.54, 1.807) is 30.5 Å². The number of nitriles is 1. The van der Waals surface area contributed by atoms with Gasteiger partial charge in [-0.2, -0.15) is 5.26 Å². The summed E-state index contributed by atoms with van der Waals surface area (Å²) >= 11 is 0. The summed E-state index contributed by atoms with van der Waals surface area (Å²) in [6, 6.07) is 18.3. The molecule has 6 heteroatoms. The largest absolute Gasteiger partial charge is 0.293 e. The molecule has 170 valence electrons. The molecule has 0 spiro atoms. The number of allylic oxidation sites excluding steroid dienone is 2. The van der Waals surface area contributed by atoms with Crippen molar-refractivity contribution in [2.24, 2.45) is 11.8 Å². The van der Waals surface area contributed by atoms with Crippen molar-refractivity contribution < 1.29 is 9.18 Å². The van der Waals surface area contributed by atoms with Crippen molar-refractivity contribution in [2.75, 3.05) is 0 Å². The maximum absolute atomic E-state index is 15.1. The molecule has 0 amide bonds. The summed E-state index contributed by atoms with van der Waals surface area (Å²) in [5.41, 5.74) is 3.64. The third-order valence-corrected chi connectivity index (χ3v) is 7.58. The molecule has 0 fully saturated rings. The number of nitrogens with zero attached hydrogens (tertiary/aromatic N) is 4. The van der Waals surface area contributed by atoms with Crippen LogP contribution in [-0.4, -0.2) is 20.7 Å². The lowest BCUT2D eigenvalue weighted by atomic mass is 9.65. The molecule has 0 saturated carbocycles. The smallest absolute Gasteiger partial charge is 0.176 e. The Bertz CT molecular complexity index is 1610. The van der Waals surface area contributed by atoms with E-state index in [0.717, 1.165) is 27.7 Å². The highest BCUT2D eigenvalue weighted by Gasteiger charge is 2.52. The summed E-state index contributed by atoms with van der Waals surface area (Å²) in [7, 11) is 0. The van der Waals surface area contributed by atoms with Gasteiger partial charge in [0.1, 0.15) is 11.9 Å². The van der Waals surface area contributed by atoms with E-state index in [1.165, 1.54) is 6.07 Å². The fraction of sp³-hybridized carbons (Fsp3) is 0.207. The van der Waals surface area contributed by atoms with E-state index in [9.17, 15) is 10.1 Å². The number of pyridine rings is 1. The van der Waals surface area contributed by atoms with E-state index >= 15 is 4.39 Å². The molecule has 2 aliphatic rings. The number of carbonyl (C=O) groups excluding carboxylic acids is 1. The Hall–Kier alpha value is -4.24. The lowest BCUT2D eigenvalue weighted by Crippen LogP contribution is -2.40. The van der Waals surface area contributed by atoms with Crippen LogP contribution in [0.4, 0.5) is 4.39 Å². The molecular formula is C29H21FN4O. The van der Waals surface area contributed by atoms with E-state index in [-0.39, 0.29) is 29.0 Å². The van der Waals surface area contributed by atoms with Crippen molar-refractivity contribution in [1.82, 2.24) is 15.0 Å². The Kier molecular flexibility index (Phi) is 4.65. The van der Waals surface area contributed by atoms with Crippen LogP contribution in [0.1, 0.15) is 25.1 Å². The number of hydrogen-bond donors (Lipinski definition) is 0. The van der Waals surface area contributed by atoms with Gasteiger partial charge in [0.15, 0.2) is 11.6 Å². The van der Waals surface area contributed by atoms with E-state index < -0.39 is 5.41 Å². The topological polar surface area (TPSA) is 79.5 Å². The maximum Gasteiger partial charge on any atom is 0.176 e. The number of benzene rings is 2. The third-order valence-electron chi connectivity index (χ3n) is 7.58. The normalized spacial score (nSPS) is 22.9. The summed E-state index contributed by atoms with van der Waals surface area (Å²) in [5.74, 6) is -0.488. The van der Waals surface area contributed by atoms with E-state index in [4.69, 9.17) is 9.97 Å². The van der Waals surface area contributed by atoms with Gasteiger partial charge in [0, 0.05) is 39.6 Å². The fourth-order valence-corrected chi connectivity index (χ4v) is 5.78. The number of hydrogen-bond acceptors (Lipinski definition) is 5. The molecule has 35 heavy (non-hydrogen) atoms. The number of halogens is 1. The summed E-state index contributed by atoms with van der Waals surface area (Å²) in [5, 5.41) is 10.6. The Morgan fingerprint density at radius 1 is 1.06 bits per heavy atom. The average Bonchev–Trinajstić information content (AvgIpc) is 3.18. The number of rotatable bonds is 2. The highest BCUT2D eigenvalue weighted by molar-refractivity contribution is 6.02. The number of aromatic nitrogens is 3. The molecule has 0 unspecified atom stereocenters. The van der Waals surface area contributed by atoms with Crippen LogP contribution in [0.15, 0.2) is 72.4 Å². The molecule has 2 aliphatic carbocycles. The van der Waals surface area contributed by atoms with Gasteiger partial charge >= 0.3 is 0 Å². The minimum Gasteiger partial charge on any atom is -0.293 e. The molecule has 5 nitrogen and oxygen atoms in total. The molecule has 3 atom stereocenters. The second kappa shape index (κ2) is 7.64. The van der Waals surface area contributed by atoms with Crippen molar-refractivity contribution in [1.29, 1.82) is 5.26 Å². The predicted molar refractivity (Wildman–Crippen MR) is 131 cm³/mol. The summed E-state index contributed by atoms with van der Waals surface area (Å²) in [6.07, 6.45) is 4.02. The molecule has 2 aromatic heterocycles. The lowest BCUT2D eigenvalue weighted by Gasteiger charge is -2.36. The molecule has 0 N–H and O–H groups in total. The molecule has 0 aliphatic heterocycles. The van der Waals surface area contributed by atoms with Gasteiger partial charge in [-0.15, -0.1) is 0 Å². The highest BCUT2D eigenvalue weighted by Crippen LogP contribution is 2.52. The van der Waals surface area contributed by atoms with Gasteiger partial charge in [-0.05, 0) is 36.6 Å². The Labute approximate surface area is 202 Å². The van der Waals surface area contributed by atoms with Crippen LogP contribution in [0.25, 0.3) is 33.5 Å². The third kappa shape index (κ3) is 3.05. The first-order valence-corrected chi connectivity index (χ1v) is 11.6. The quantitative estimate of drug-likeness (QED) is 0.389. The van der Waals surface area contributed by atoms with Gasteiger partial charge in [0.05, 0.1) is 22.5 Å². The first-order valence-electron chi connectivity index (χ1n) is 11.6. The lowest BCUT2D eigenvalue weighted by molar-refractivity contribution is -0.121. The Morgan fingerprint density at radius 3 is 2.63 bits per heavy atom. The van der Waals surface area contributed by atoms with E-state index in [1.807, 2.05) is 44.2 Å². The molecule has 2 heterocycles. The highest BCUT2D eigenvalue weighted by atomic mass is 19.1. The fourth-order valence-electron chi connectivity index (χ4n) is 5.78. The van der Waals surface area contributed by atoms with Crippen LogP contribution in [0.2, 0.25) is 0 Å². The molecular weight excluding hydrogens is 439 g/mol. The number of fused-ring (bicyclic) bond motifs is 4. The van der Waals surface area contributed by atoms with Crippen molar-refractivity contribution in [3.8, 4) is 28.7 Å². The zero-order valence-corrected chi connectivity index (χ0v) is 19.3. The number of para-hydroxylation sites is 1. The Morgan fingerprint density at radius 2 is 1.83 bits per heavy atom. The number of ketones is 1. The van der Waals surface area contributed by atoms with Crippen LogP contribution in [0.5, 0.6) is 0 Å². The summed E-state index contributed by atoms with van der Waals surface area (Å²) < 4.78 is 15.1. The molecule has 0 bridgehead atoms. The van der Waals surface area contributed by atoms with Gasteiger partial charge in [-0.1, -0.05) is 50.3 Å². The molecule has 0 saturated heterocycles. The number of carbonyl (C=O) groups is 1. The molecule has 6 rings (SSSR count). The second-order valence-corrected chi connectivity index (χ2v) is 9.49. The van der Waals surface area contributed by atoms with E-state index in [2.05, 4.69) is 11.1 Å². The van der Waals surface area contributed by atoms with Crippen molar-refractivity contribution in [3.63, 3.8) is 0 Å². The standard InChI is InChI=1S/C29H21FN4O/c1-16-22-13-21-25(20-8-3-5-9-23(20)30)33-28(19-11-12-32-24-10-6-4-7-18(19)24)34-27(21)29(22,2)14-17(15-31)26(16)35/h3-12,14,16,22H,13H2,1-2H3/t16-,22-,29-/m1/s1. The van der Waals surface area contributed by atoms with E-state index in [0.29, 0.717) is 23.5 Å². The second-order valence-electron chi connectivity index (χ2n) is 9.49. The van der Waals surface area contributed by atoms with Crippen molar-refractivity contribution >= 4 is 16.7 Å². The predicted octanol–water partition coefficient (Wildman–Crippen LogP) is 5.60. The minimum absolute atomic E-state index is 0.0913. The number of Topliss-reactive ketones (excluding diaryl/α,β-unsaturated/α-hetero) is 1. The average molecular weight is 461 g/mol. The zero-order chi connectivity index (χ0) is 24.3. The minimum atomic E-state index is -0.645. The molecule has 4 aromatic rings. The van der Waals surface area contributed by atoms with Gasteiger partial charge in [-0.3, -0.25) is 9.78 Å². The SMILES string of the molecule is C[C@H]1C(=O)C(C#N)=C[C@@]2(C)c3nc(-c4ccnc5ccccc45)nc(-c4ccccc4F)c3C[C@H]12. The first kappa shape index (κ1) is 21.3. The first-order chi connectivity index (χ1) is 16.9. The van der Waals surface area contributed by atoms with Gasteiger partial charge in [0.2, 0.25) is 0 Å². The maximum atomic E-state index is 15.1. The van der Waals surface area contributed by atoms with Crippen LogP contribution in [0, 0.1) is 29.0 Å². The molecule has 0 radical (unpaired) electrons. The van der Waals surface area contributed by atoms with Crippen LogP contribution in [0.3, 0.4) is 0 Å². The van der Waals surface area contributed by atoms with Gasteiger partial charge < -0.3 is 0 Å². The van der Waals surface area contributed by atoms with Crippen molar-refractivity contribution in [3.05, 3.63) is 89.5 Å². The Balaban J connectivity index is 1.69. The van der Waals surface area contributed by atoms with Crippen LogP contribution < -0.4 is 0 Å². The van der Waals surface area contributed by atoms with Crippen LogP contribution in [-0.2, 0) is 16.6 Å². The summed E-state index contributed by atoms with van der Waals surface area (Å²) in [4.78, 5) is 27.3. The monoisotopic (exact) mass is 460 g/mol. The van der Waals surface area contributed by atoms with Crippen molar-refractivity contribution in [2.45, 2.75) is 25.7 Å². The zero-order valence-electron chi connectivity index (χ0n) is 19.3. The molecule has 2 aromatic carbocycles. The van der Waals surface area contributed by atoms with Gasteiger partial charge in [-0.25, -0.2) is 14.4 Å². The summed E-state index contributed by atoms with van der Waals surface area (Å²) in [6.45, 7) is 3.89. The van der Waals surface area contributed by atoms with Gasteiger partial charge in [0.25, 0.3) is 0 Å². The van der Waals surface area contributed by atoms with Crippen LogP contribution >= 0.6 is 0 Å².